The molecule has 1 unspecified atom stereocenters. The van der Waals surface area contributed by atoms with Gasteiger partial charge in [-0.1, -0.05) is 123 Å². The van der Waals surface area contributed by atoms with E-state index in [9.17, 15) is 14.4 Å². The predicted octanol–water partition coefficient (Wildman–Crippen LogP) is 5.00. The normalized spacial score (nSPS) is 14.2. The largest absolute Gasteiger partial charge is 0.462 e. The number of carbonyl (C=O) groups excluding carboxylic acids is 4. The Kier molecular flexibility index (Phi) is 8.89. The lowest BCUT2D eigenvalue weighted by Gasteiger charge is -2.35. The number of imide groups is 1. The molecule has 0 fully saturated rings. The lowest BCUT2D eigenvalue weighted by molar-refractivity contribution is -0.135. The molecule has 4 aromatic carbocycles. The van der Waals surface area contributed by atoms with Gasteiger partial charge >= 0.3 is 5.97 Å². The summed E-state index contributed by atoms with van der Waals surface area (Å²) in [6.45, 7) is 2.27. The molecule has 1 aliphatic heterocycles. The number of ether oxygens (including phenoxy) is 1. The second-order valence-electron chi connectivity index (χ2n) is 10.5. The molecular weight excluding hydrogens is 557 g/mol. The molecule has 0 saturated carbocycles. The molecule has 0 spiro atoms. The summed E-state index contributed by atoms with van der Waals surface area (Å²) in [5.74, 6) is -2.84. The summed E-state index contributed by atoms with van der Waals surface area (Å²) in [6.07, 6.45) is 0.493. The summed E-state index contributed by atoms with van der Waals surface area (Å²) in [4.78, 5) is 58.3. The van der Waals surface area contributed by atoms with Gasteiger partial charge in [0.15, 0.2) is 5.78 Å². The number of nitrogens with zero attached hydrogens (tertiary/aromatic N) is 1. The molecule has 0 saturated heterocycles. The van der Waals surface area contributed by atoms with Crippen LogP contribution < -0.4 is 15.9 Å². The highest BCUT2D eigenvalue weighted by Gasteiger charge is 2.48. The van der Waals surface area contributed by atoms with Gasteiger partial charge in [0.25, 0.3) is 11.8 Å². The zero-order chi connectivity index (χ0) is 30.6. The Morgan fingerprint density at radius 3 is 1.44 bits per heavy atom. The molecule has 4 aromatic rings. The number of amides is 2. The first-order chi connectivity index (χ1) is 20.9. The van der Waals surface area contributed by atoms with Gasteiger partial charge in [0.05, 0.1) is 17.7 Å². The Bertz CT molecular complexity index is 1580. The van der Waals surface area contributed by atoms with Crippen molar-refractivity contribution < 1.29 is 23.9 Å². The number of esters is 1. The van der Waals surface area contributed by atoms with E-state index in [4.69, 9.17) is 4.74 Å². The maximum absolute atomic E-state index is 15.3. The number of benzene rings is 4. The Hall–Kier alpha value is -4.54. The minimum atomic E-state index is -3.22. The van der Waals surface area contributed by atoms with Crippen molar-refractivity contribution in [2.75, 3.05) is 6.61 Å². The molecule has 0 radical (unpaired) electrons. The number of ketones is 1. The molecule has 0 N–H and O–H groups in total. The van der Waals surface area contributed by atoms with E-state index in [0.29, 0.717) is 6.42 Å². The third kappa shape index (κ3) is 5.17. The molecule has 218 valence electrons. The van der Waals surface area contributed by atoms with Crippen molar-refractivity contribution in [2.24, 2.45) is 5.92 Å². The quantitative estimate of drug-likeness (QED) is 0.112. The van der Waals surface area contributed by atoms with Gasteiger partial charge < -0.3 is 4.74 Å². The fourth-order valence-corrected chi connectivity index (χ4v) is 10.2. The van der Waals surface area contributed by atoms with E-state index in [2.05, 4.69) is 0 Å². The van der Waals surface area contributed by atoms with Crippen molar-refractivity contribution in [3.8, 4) is 0 Å². The molecule has 0 aliphatic carbocycles. The van der Waals surface area contributed by atoms with Crippen molar-refractivity contribution in [1.29, 1.82) is 0 Å². The van der Waals surface area contributed by atoms with Crippen molar-refractivity contribution in [2.45, 2.75) is 33.2 Å². The van der Waals surface area contributed by atoms with Crippen molar-refractivity contribution in [3.05, 3.63) is 126 Å². The number of rotatable bonds is 10. The van der Waals surface area contributed by atoms with E-state index < -0.39 is 42.4 Å². The number of hydrogen-bond acceptors (Lipinski definition) is 5. The van der Waals surface area contributed by atoms with Crippen molar-refractivity contribution >= 4 is 51.7 Å². The van der Waals surface area contributed by atoms with E-state index in [1.807, 2.05) is 105 Å². The van der Waals surface area contributed by atoms with Gasteiger partial charge in [0.2, 0.25) is 0 Å². The topological polar surface area (TPSA) is 80.8 Å². The summed E-state index contributed by atoms with van der Waals surface area (Å²) >= 11 is 0. The number of carbonyl (C=O) groups is 4. The Morgan fingerprint density at radius 2 is 1.07 bits per heavy atom. The molecule has 1 heterocycles. The Morgan fingerprint density at radius 1 is 0.674 bits per heavy atom. The average Bonchev–Trinajstić information content (AvgIpc) is 3.30. The lowest BCUT2D eigenvalue weighted by Crippen LogP contribution is -2.53. The Balaban J connectivity index is 1.92. The predicted molar refractivity (Wildman–Crippen MR) is 172 cm³/mol. The van der Waals surface area contributed by atoms with Gasteiger partial charge in [-0.25, -0.2) is 4.79 Å². The number of hydrogen-bond donors (Lipinski definition) is 0. The van der Waals surface area contributed by atoms with Crippen LogP contribution in [-0.4, -0.2) is 46.4 Å². The number of Topliss-reactive ketones (excluding diaryl/α,β-unsaturated/α-hetero) is 1. The highest BCUT2D eigenvalue weighted by atomic mass is 31.2. The van der Waals surface area contributed by atoms with Gasteiger partial charge in [-0.15, -0.1) is 0 Å². The molecule has 0 aromatic heterocycles. The third-order valence-corrected chi connectivity index (χ3v) is 12.3. The van der Waals surface area contributed by atoms with E-state index >= 15 is 4.79 Å². The summed E-state index contributed by atoms with van der Waals surface area (Å²) in [5, 5.41) is 2.32. The van der Waals surface area contributed by atoms with Crippen LogP contribution in [0.25, 0.3) is 0 Å². The average molecular weight is 592 g/mol. The van der Waals surface area contributed by atoms with Crippen molar-refractivity contribution in [1.82, 2.24) is 4.90 Å². The maximum atomic E-state index is 15.3. The first kappa shape index (κ1) is 29.9. The van der Waals surface area contributed by atoms with Crippen LogP contribution in [0.1, 0.15) is 47.9 Å². The highest BCUT2D eigenvalue weighted by Crippen LogP contribution is 2.47. The first-order valence-corrected chi connectivity index (χ1v) is 16.3. The maximum Gasteiger partial charge on any atom is 0.342 e. The van der Waals surface area contributed by atoms with Crippen LogP contribution in [0.2, 0.25) is 0 Å². The minimum absolute atomic E-state index is 0.0418. The smallest absolute Gasteiger partial charge is 0.342 e. The fraction of sp³-hybridized carbons (Fsp3) is 0.194. The lowest BCUT2D eigenvalue weighted by atomic mass is 9.92. The zero-order valence-corrected chi connectivity index (χ0v) is 25.4. The van der Waals surface area contributed by atoms with Gasteiger partial charge in [0, 0.05) is 0 Å². The Labute approximate surface area is 252 Å². The van der Waals surface area contributed by atoms with Gasteiger partial charge in [-0.05, 0) is 47.8 Å². The molecule has 2 atom stereocenters. The van der Waals surface area contributed by atoms with Crippen LogP contribution in [0.5, 0.6) is 0 Å². The van der Waals surface area contributed by atoms with Gasteiger partial charge in [0.1, 0.15) is 11.3 Å². The van der Waals surface area contributed by atoms with Crippen LogP contribution in [0.3, 0.4) is 0 Å². The molecule has 6 nitrogen and oxygen atoms in total. The van der Waals surface area contributed by atoms with Crippen LogP contribution >= 0.6 is 6.89 Å². The van der Waals surface area contributed by atoms with Crippen LogP contribution in [0.15, 0.2) is 115 Å². The molecule has 5 rings (SSSR count). The zero-order valence-electron chi connectivity index (χ0n) is 24.5. The van der Waals surface area contributed by atoms with Gasteiger partial charge in [-0.2, -0.15) is 0 Å². The molecule has 7 heteroatoms. The molecular formula is C36H34NO5P. The van der Waals surface area contributed by atoms with Crippen molar-refractivity contribution in [3.63, 3.8) is 0 Å². The minimum Gasteiger partial charge on any atom is -0.462 e. The molecule has 0 bridgehead atoms. The molecule has 43 heavy (non-hydrogen) atoms. The molecule has 2 amide bonds. The number of fused-ring (bicyclic) bond motifs is 1. The van der Waals surface area contributed by atoms with Crippen LogP contribution in [-0.2, 0) is 14.3 Å². The second kappa shape index (κ2) is 12.8. The highest BCUT2D eigenvalue weighted by molar-refractivity contribution is 7.97. The van der Waals surface area contributed by atoms with Crippen LogP contribution in [0, 0.1) is 5.92 Å². The first-order valence-electron chi connectivity index (χ1n) is 14.5. The SMILES string of the molecule is CCOC(=O)C(C(=O)[C@@H](C(C)CC)N1C(=O)c2ccccc2C1=O)=P(c1ccccc1)(c1ccccc1)c1ccccc1. The summed E-state index contributed by atoms with van der Waals surface area (Å²) < 4.78 is 5.68. The standard InChI is InChI=1S/C36H34NO5P/c1-4-25(3)31(37-34(39)29-23-15-16-24-30(29)35(37)40)32(38)33(36(41)42-5-2)43(26-17-9-6-10-18-26,27-19-11-7-12-20-27)28-21-13-8-14-22-28/h6-25,31H,4-5H2,1-3H3/t25?,31-/m1/s1. The van der Waals surface area contributed by atoms with E-state index in [0.717, 1.165) is 20.8 Å². The second-order valence-corrected chi connectivity index (χ2v) is 13.8. The van der Waals surface area contributed by atoms with E-state index in [-0.39, 0.29) is 23.0 Å². The van der Waals surface area contributed by atoms with Crippen LogP contribution in [0.4, 0.5) is 0 Å². The van der Waals surface area contributed by atoms with Gasteiger partial charge in [-0.3, -0.25) is 19.3 Å². The van der Waals surface area contributed by atoms with E-state index in [1.54, 1.807) is 31.2 Å². The summed E-state index contributed by atoms with van der Waals surface area (Å²) in [7, 11) is 0. The molecule has 1 aliphatic rings. The third-order valence-electron chi connectivity index (χ3n) is 8.02. The fourth-order valence-electron chi connectivity index (χ4n) is 5.85. The monoisotopic (exact) mass is 591 g/mol. The van der Waals surface area contributed by atoms with E-state index in [1.165, 1.54) is 0 Å². The summed E-state index contributed by atoms with van der Waals surface area (Å²) in [6, 6.07) is 34.0. The summed E-state index contributed by atoms with van der Waals surface area (Å²) in [5.41, 5.74) is 0.503.